The smallest absolute Gasteiger partial charge is 1.00 e. The molecule has 2 N–H and O–H groups in total. The predicted molar refractivity (Wildman–Crippen MR) is 31.1 cm³/mol. The summed E-state index contributed by atoms with van der Waals surface area (Å²) in [7, 11) is 0. The molecule has 0 aromatic heterocycles. The van der Waals surface area contributed by atoms with E-state index in [0.29, 0.717) is 6.04 Å². The molecule has 60 valence electrons. The zero-order chi connectivity index (χ0) is 5.11. The second kappa shape index (κ2) is 6.88. The van der Waals surface area contributed by atoms with E-state index >= 15 is 0 Å². The van der Waals surface area contributed by atoms with Gasteiger partial charge in [0, 0.05) is 6.04 Å². The first-order valence-electron chi connectivity index (χ1n) is 3.15. The van der Waals surface area contributed by atoms with Crippen molar-refractivity contribution in [1.82, 2.24) is 0 Å². The average Bonchev–Trinajstić information content (AvgIpc) is 1.69. The van der Waals surface area contributed by atoms with Gasteiger partial charge in [0.2, 0.25) is 0 Å². The van der Waals surface area contributed by atoms with Crippen LogP contribution >= 0.6 is 0 Å². The minimum Gasteiger partial charge on any atom is -1.00 e. The molecular formula is C6H13ClCuN. The Morgan fingerprint density at radius 3 is 1.67 bits per heavy atom. The van der Waals surface area contributed by atoms with E-state index in [1.807, 2.05) is 0 Å². The fourth-order valence-corrected chi connectivity index (χ4v) is 1.13. The fourth-order valence-electron chi connectivity index (χ4n) is 1.13. The van der Waals surface area contributed by atoms with Crippen LogP contribution in [0.1, 0.15) is 32.1 Å². The maximum atomic E-state index is 5.63. The van der Waals surface area contributed by atoms with Crippen LogP contribution in [0.4, 0.5) is 0 Å². The van der Waals surface area contributed by atoms with Crippen molar-refractivity contribution >= 4 is 0 Å². The van der Waals surface area contributed by atoms with E-state index in [4.69, 9.17) is 5.73 Å². The van der Waals surface area contributed by atoms with Crippen molar-refractivity contribution in [2.45, 2.75) is 38.1 Å². The van der Waals surface area contributed by atoms with Crippen molar-refractivity contribution in [2.75, 3.05) is 0 Å². The molecule has 1 fully saturated rings. The Labute approximate surface area is 73.6 Å². The second-order valence-corrected chi connectivity index (χ2v) is 2.40. The molecule has 1 rings (SSSR count). The van der Waals surface area contributed by atoms with Crippen molar-refractivity contribution in [3.05, 3.63) is 0 Å². The number of nitrogens with two attached hydrogens (primary N) is 1. The maximum absolute atomic E-state index is 5.63. The summed E-state index contributed by atoms with van der Waals surface area (Å²) in [5.41, 5.74) is 5.63. The summed E-state index contributed by atoms with van der Waals surface area (Å²) in [5.74, 6) is 0. The van der Waals surface area contributed by atoms with Crippen LogP contribution in [0.5, 0.6) is 0 Å². The molecule has 0 aromatic carbocycles. The predicted octanol–water partition coefficient (Wildman–Crippen LogP) is -1.72. The average molecular weight is 198 g/mol. The molecule has 0 heterocycles. The van der Waals surface area contributed by atoms with E-state index in [-0.39, 0.29) is 29.5 Å². The third-order valence-electron chi connectivity index (χ3n) is 1.65. The van der Waals surface area contributed by atoms with Gasteiger partial charge in [-0.25, -0.2) is 0 Å². The van der Waals surface area contributed by atoms with Crippen LogP contribution in [-0.4, -0.2) is 6.04 Å². The second-order valence-electron chi connectivity index (χ2n) is 2.40. The maximum Gasteiger partial charge on any atom is 1.00 e. The third-order valence-corrected chi connectivity index (χ3v) is 1.65. The molecule has 3 heteroatoms. The van der Waals surface area contributed by atoms with Gasteiger partial charge in [-0.3, -0.25) is 0 Å². The van der Waals surface area contributed by atoms with Crippen LogP contribution in [0.2, 0.25) is 0 Å². The molecule has 1 nitrogen and oxygen atoms in total. The minimum absolute atomic E-state index is 0. The fraction of sp³-hybridized carbons (Fsp3) is 1.00. The summed E-state index contributed by atoms with van der Waals surface area (Å²) in [5, 5.41) is 0. The standard InChI is InChI=1S/C6H13N.ClH.Cu/c7-6-4-2-1-3-5-6;;/h6H,1-5,7H2;1H;/q;;+1/p-1. The van der Waals surface area contributed by atoms with Gasteiger partial charge in [0.1, 0.15) is 0 Å². The van der Waals surface area contributed by atoms with E-state index in [9.17, 15) is 0 Å². The number of rotatable bonds is 0. The molecule has 1 aliphatic rings. The van der Waals surface area contributed by atoms with E-state index in [1.54, 1.807) is 0 Å². The normalized spacial score (nSPS) is 19.7. The van der Waals surface area contributed by atoms with Gasteiger partial charge >= 0.3 is 17.1 Å². The van der Waals surface area contributed by atoms with Crippen LogP contribution in [0.15, 0.2) is 0 Å². The molecule has 0 spiro atoms. The van der Waals surface area contributed by atoms with Gasteiger partial charge in [0.15, 0.2) is 0 Å². The van der Waals surface area contributed by atoms with Crippen molar-refractivity contribution < 1.29 is 29.5 Å². The van der Waals surface area contributed by atoms with E-state index in [0.717, 1.165) is 0 Å². The van der Waals surface area contributed by atoms with Crippen LogP contribution < -0.4 is 18.1 Å². The van der Waals surface area contributed by atoms with E-state index in [2.05, 4.69) is 0 Å². The van der Waals surface area contributed by atoms with Crippen LogP contribution in [0.25, 0.3) is 0 Å². The Kier molecular flexibility index (Phi) is 9.52. The molecule has 0 aliphatic heterocycles. The Bertz CT molecular complexity index is 55.0. The molecule has 0 aromatic rings. The molecular weight excluding hydrogens is 185 g/mol. The van der Waals surface area contributed by atoms with Crippen molar-refractivity contribution in [2.24, 2.45) is 5.73 Å². The summed E-state index contributed by atoms with van der Waals surface area (Å²) < 4.78 is 0. The van der Waals surface area contributed by atoms with Gasteiger partial charge < -0.3 is 18.1 Å². The zero-order valence-electron chi connectivity index (χ0n) is 5.37. The molecule has 1 saturated carbocycles. The molecule has 1 aliphatic carbocycles. The molecule has 0 atom stereocenters. The first-order chi connectivity index (χ1) is 3.39. The first kappa shape index (κ1) is 12.4. The number of hydrogen-bond donors (Lipinski definition) is 1. The Morgan fingerprint density at radius 1 is 1.00 bits per heavy atom. The van der Waals surface area contributed by atoms with Gasteiger partial charge in [-0.2, -0.15) is 0 Å². The van der Waals surface area contributed by atoms with E-state index < -0.39 is 0 Å². The van der Waals surface area contributed by atoms with Gasteiger partial charge in [-0.1, -0.05) is 19.3 Å². The molecule has 0 amide bonds. The Morgan fingerprint density at radius 2 is 1.44 bits per heavy atom. The molecule has 0 unspecified atom stereocenters. The van der Waals surface area contributed by atoms with Crippen molar-refractivity contribution in [1.29, 1.82) is 0 Å². The SMILES string of the molecule is NC1CCCCC1.[Cl-].[Cu+]. The monoisotopic (exact) mass is 197 g/mol. The molecule has 0 radical (unpaired) electrons. The molecule has 0 saturated heterocycles. The van der Waals surface area contributed by atoms with Crippen LogP contribution in [-0.2, 0) is 17.1 Å². The summed E-state index contributed by atoms with van der Waals surface area (Å²) in [6.45, 7) is 0. The van der Waals surface area contributed by atoms with Gasteiger partial charge in [0.25, 0.3) is 0 Å². The summed E-state index contributed by atoms with van der Waals surface area (Å²) in [6, 6.07) is 0.536. The first-order valence-corrected chi connectivity index (χ1v) is 3.15. The summed E-state index contributed by atoms with van der Waals surface area (Å²) in [6.07, 6.45) is 6.66. The third kappa shape index (κ3) is 5.23. The van der Waals surface area contributed by atoms with Gasteiger partial charge in [-0.15, -0.1) is 0 Å². The Hall–Kier alpha value is 0.769. The number of halogens is 1. The van der Waals surface area contributed by atoms with Crippen LogP contribution in [0.3, 0.4) is 0 Å². The quantitative estimate of drug-likeness (QED) is 0.460. The minimum atomic E-state index is 0. The van der Waals surface area contributed by atoms with Crippen molar-refractivity contribution in [3.8, 4) is 0 Å². The van der Waals surface area contributed by atoms with Crippen molar-refractivity contribution in [3.63, 3.8) is 0 Å². The summed E-state index contributed by atoms with van der Waals surface area (Å²) >= 11 is 0. The Balaban J connectivity index is 0. The molecule has 9 heavy (non-hydrogen) atoms. The van der Waals surface area contributed by atoms with E-state index in [1.165, 1.54) is 32.1 Å². The molecule has 0 bridgehead atoms. The van der Waals surface area contributed by atoms with Crippen LogP contribution in [0, 0.1) is 0 Å². The topological polar surface area (TPSA) is 26.0 Å². The van der Waals surface area contributed by atoms with Gasteiger partial charge in [0.05, 0.1) is 0 Å². The zero-order valence-corrected chi connectivity index (χ0v) is 7.07. The largest absolute Gasteiger partial charge is 1.00 e. The number of hydrogen-bond acceptors (Lipinski definition) is 1. The summed E-state index contributed by atoms with van der Waals surface area (Å²) in [4.78, 5) is 0. The van der Waals surface area contributed by atoms with Gasteiger partial charge in [-0.05, 0) is 12.8 Å².